The predicted molar refractivity (Wildman–Crippen MR) is 110 cm³/mol. The molecule has 0 bridgehead atoms. The van der Waals surface area contributed by atoms with Crippen LogP contribution in [-0.2, 0) is 22.6 Å². The van der Waals surface area contributed by atoms with Crippen LogP contribution in [0.15, 0.2) is 48.5 Å². The maximum absolute atomic E-state index is 13.1. The lowest BCUT2D eigenvalue weighted by molar-refractivity contribution is -0.140. The molecule has 27 heavy (non-hydrogen) atoms. The van der Waals surface area contributed by atoms with Crippen molar-refractivity contribution in [1.82, 2.24) is 10.2 Å². The molecule has 2 aromatic rings. The quantitative estimate of drug-likeness (QED) is 0.702. The summed E-state index contributed by atoms with van der Waals surface area (Å²) in [7, 11) is 0. The standard InChI is InChI=1S/C21H24Cl2N2O2/c1-3-19(21(27)24-4-2)25(14-16-7-11-18(23)12-8-16)20(26)13-15-5-9-17(22)10-6-15/h5-12,19H,3-4,13-14H2,1-2H3,(H,24,27). The topological polar surface area (TPSA) is 49.4 Å². The van der Waals surface area contributed by atoms with Gasteiger partial charge < -0.3 is 10.2 Å². The number of rotatable bonds is 8. The van der Waals surface area contributed by atoms with Gasteiger partial charge in [-0.1, -0.05) is 54.4 Å². The van der Waals surface area contributed by atoms with E-state index in [1.807, 2.05) is 38.1 Å². The lowest BCUT2D eigenvalue weighted by Crippen LogP contribution is -2.49. The van der Waals surface area contributed by atoms with Crippen molar-refractivity contribution in [1.29, 1.82) is 0 Å². The summed E-state index contributed by atoms with van der Waals surface area (Å²) in [5, 5.41) is 4.08. The highest BCUT2D eigenvalue weighted by atomic mass is 35.5. The normalized spacial score (nSPS) is 11.7. The molecular formula is C21H24Cl2N2O2. The summed E-state index contributed by atoms with van der Waals surface area (Å²) in [5.41, 5.74) is 1.78. The molecule has 1 atom stereocenters. The van der Waals surface area contributed by atoms with E-state index in [2.05, 4.69) is 5.32 Å². The zero-order valence-electron chi connectivity index (χ0n) is 15.5. The fourth-order valence-corrected chi connectivity index (χ4v) is 3.13. The number of carbonyl (C=O) groups excluding carboxylic acids is 2. The van der Waals surface area contributed by atoms with Crippen molar-refractivity contribution in [3.05, 3.63) is 69.7 Å². The fraction of sp³-hybridized carbons (Fsp3) is 0.333. The third-order valence-electron chi connectivity index (χ3n) is 4.27. The Morgan fingerprint density at radius 1 is 0.926 bits per heavy atom. The van der Waals surface area contributed by atoms with E-state index in [4.69, 9.17) is 23.2 Å². The van der Waals surface area contributed by atoms with Gasteiger partial charge in [0.05, 0.1) is 6.42 Å². The number of hydrogen-bond acceptors (Lipinski definition) is 2. The van der Waals surface area contributed by atoms with E-state index in [1.165, 1.54) is 0 Å². The second kappa shape index (κ2) is 10.3. The van der Waals surface area contributed by atoms with E-state index in [0.717, 1.165) is 11.1 Å². The smallest absolute Gasteiger partial charge is 0.242 e. The fourth-order valence-electron chi connectivity index (χ4n) is 2.88. The number of hydrogen-bond donors (Lipinski definition) is 1. The minimum atomic E-state index is -0.527. The van der Waals surface area contributed by atoms with Crippen molar-refractivity contribution >= 4 is 35.0 Å². The van der Waals surface area contributed by atoms with Gasteiger partial charge in [0.1, 0.15) is 6.04 Å². The van der Waals surface area contributed by atoms with E-state index in [-0.39, 0.29) is 18.2 Å². The summed E-state index contributed by atoms with van der Waals surface area (Å²) < 4.78 is 0. The summed E-state index contributed by atoms with van der Waals surface area (Å²) in [6.45, 7) is 4.64. The molecule has 0 saturated heterocycles. The van der Waals surface area contributed by atoms with Crippen LogP contribution < -0.4 is 5.32 Å². The van der Waals surface area contributed by atoms with Crippen LogP contribution >= 0.6 is 23.2 Å². The van der Waals surface area contributed by atoms with Crippen molar-refractivity contribution in [2.75, 3.05) is 6.54 Å². The number of amides is 2. The zero-order valence-corrected chi connectivity index (χ0v) is 17.1. The molecule has 6 heteroatoms. The highest BCUT2D eigenvalue weighted by molar-refractivity contribution is 6.30. The first-order valence-corrected chi connectivity index (χ1v) is 9.76. The molecule has 0 radical (unpaired) electrons. The van der Waals surface area contributed by atoms with Gasteiger partial charge in [0.2, 0.25) is 11.8 Å². The van der Waals surface area contributed by atoms with Crippen molar-refractivity contribution in [2.45, 2.75) is 39.3 Å². The van der Waals surface area contributed by atoms with E-state index >= 15 is 0 Å². The molecule has 2 rings (SSSR count). The zero-order chi connectivity index (χ0) is 19.8. The van der Waals surface area contributed by atoms with Gasteiger partial charge in [0, 0.05) is 23.1 Å². The third-order valence-corrected chi connectivity index (χ3v) is 4.78. The van der Waals surface area contributed by atoms with Crippen LogP contribution in [-0.4, -0.2) is 29.3 Å². The van der Waals surface area contributed by atoms with Crippen molar-refractivity contribution in [2.24, 2.45) is 0 Å². The molecule has 0 fully saturated rings. The Morgan fingerprint density at radius 2 is 1.44 bits per heavy atom. The number of likely N-dealkylation sites (N-methyl/N-ethyl adjacent to an activating group) is 1. The van der Waals surface area contributed by atoms with Gasteiger partial charge in [0.25, 0.3) is 0 Å². The predicted octanol–water partition coefficient (Wildman–Crippen LogP) is 4.48. The van der Waals surface area contributed by atoms with Crippen LogP contribution in [0.4, 0.5) is 0 Å². The minimum Gasteiger partial charge on any atom is -0.355 e. The number of carbonyl (C=O) groups is 2. The Kier molecular flexibility index (Phi) is 8.14. The molecule has 0 heterocycles. The van der Waals surface area contributed by atoms with E-state index < -0.39 is 6.04 Å². The molecular weight excluding hydrogens is 383 g/mol. The molecule has 2 aromatic carbocycles. The van der Waals surface area contributed by atoms with E-state index in [0.29, 0.717) is 29.6 Å². The molecule has 1 unspecified atom stereocenters. The van der Waals surface area contributed by atoms with Crippen molar-refractivity contribution in [3.63, 3.8) is 0 Å². The Balaban J connectivity index is 2.25. The van der Waals surface area contributed by atoms with Gasteiger partial charge in [-0.05, 0) is 48.7 Å². The first-order chi connectivity index (χ1) is 12.9. The second-order valence-electron chi connectivity index (χ2n) is 6.27. The second-order valence-corrected chi connectivity index (χ2v) is 7.14. The minimum absolute atomic E-state index is 0.106. The molecule has 1 N–H and O–H groups in total. The van der Waals surface area contributed by atoms with Crippen LogP contribution in [0.2, 0.25) is 10.0 Å². The van der Waals surface area contributed by atoms with Gasteiger partial charge in [-0.2, -0.15) is 0 Å². The molecule has 0 aliphatic heterocycles. The van der Waals surface area contributed by atoms with E-state index in [9.17, 15) is 9.59 Å². The summed E-state index contributed by atoms with van der Waals surface area (Å²) in [5.74, 6) is -0.246. The third kappa shape index (κ3) is 6.26. The first kappa shape index (κ1) is 21.3. The van der Waals surface area contributed by atoms with Gasteiger partial charge in [-0.25, -0.2) is 0 Å². The van der Waals surface area contributed by atoms with Crippen LogP contribution in [0.3, 0.4) is 0 Å². The largest absolute Gasteiger partial charge is 0.355 e. The Labute approximate surface area is 170 Å². The highest BCUT2D eigenvalue weighted by Gasteiger charge is 2.28. The molecule has 0 aliphatic rings. The SMILES string of the molecule is CCNC(=O)C(CC)N(Cc1ccc(Cl)cc1)C(=O)Cc1ccc(Cl)cc1. The van der Waals surface area contributed by atoms with Gasteiger partial charge in [-0.15, -0.1) is 0 Å². The van der Waals surface area contributed by atoms with Crippen molar-refractivity contribution in [3.8, 4) is 0 Å². The number of nitrogens with one attached hydrogen (secondary N) is 1. The summed E-state index contributed by atoms with van der Waals surface area (Å²) in [6, 6.07) is 14.0. The maximum atomic E-state index is 13.1. The molecule has 144 valence electrons. The summed E-state index contributed by atoms with van der Waals surface area (Å²) in [4.78, 5) is 27.2. The van der Waals surface area contributed by atoms with Gasteiger partial charge in [-0.3, -0.25) is 9.59 Å². The number of benzene rings is 2. The van der Waals surface area contributed by atoms with Crippen LogP contribution in [0.25, 0.3) is 0 Å². The molecule has 0 spiro atoms. The summed E-state index contributed by atoms with van der Waals surface area (Å²) >= 11 is 11.9. The molecule has 0 saturated carbocycles. The van der Waals surface area contributed by atoms with E-state index in [1.54, 1.807) is 29.2 Å². The monoisotopic (exact) mass is 406 g/mol. The molecule has 4 nitrogen and oxygen atoms in total. The van der Waals surface area contributed by atoms with Crippen LogP contribution in [0, 0.1) is 0 Å². The summed E-state index contributed by atoms with van der Waals surface area (Å²) in [6.07, 6.45) is 0.743. The lowest BCUT2D eigenvalue weighted by Gasteiger charge is -2.30. The van der Waals surface area contributed by atoms with Crippen LogP contribution in [0.5, 0.6) is 0 Å². The first-order valence-electron chi connectivity index (χ1n) is 9.00. The Hall–Kier alpha value is -2.04. The molecule has 2 amide bonds. The Bertz CT molecular complexity index is 761. The van der Waals surface area contributed by atoms with Gasteiger partial charge in [0.15, 0.2) is 0 Å². The molecule has 0 aromatic heterocycles. The highest BCUT2D eigenvalue weighted by Crippen LogP contribution is 2.17. The van der Waals surface area contributed by atoms with Gasteiger partial charge >= 0.3 is 0 Å². The van der Waals surface area contributed by atoms with Crippen LogP contribution in [0.1, 0.15) is 31.4 Å². The lowest BCUT2D eigenvalue weighted by atomic mass is 10.1. The Morgan fingerprint density at radius 3 is 1.93 bits per heavy atom. The molecule has 0 aliphatic carbocycles. The maximum Gasteiger partial charge on any atom is 0.242 e. The average Bonchev–Trinajstić information content (AvgIpc) is 2.65. The number of halogens is 2. The average molecular weight is 407 g/mol. The van der Waals surface area contributed by atoms with Crippen molar-refractivity contribution < 1.29 is 9.59 Å². The number of nitrogens with zero attached hydrogens (tertiary/aromatic N) is 1.